The van der Waals surface area contributed by atoms with Gasteiger partial charge in [0, 0.05) is 0 Å². The van der Waals surface area contributed by atoms with Gasteiger partial charge >= 0.3 is 11.9 Å². The molecule has 0 spiro atoms. The minimum Gasteiger partial charge on any atom is -0.465 e. The fourth-order valence-corrected chi connectivity index (χ4v) is 3.49. The van der Waals surface area contributed by atoms with E-state index < -0.39 is 17.0 Å². The van der Waals surface area contributed by atoms with Gasteiger partial charge in [0.25, 0.3) is 0 Å². The van der Waals surface area contributed by atoms with Crippen LogP contribution in [-0.4, -0.2) is 24.1 Å². The Bertz CT molecular complexity index is 401. The van der Waals surface area contributed by atoms with Gasteiger partial charge in [-0.1, -0.05) is 66.2 Å². The molecule has 0 fully saturated rings. The van der Waals surface area contributed by atoms with Gasteiger partial charge in [0.15, 0.2) is 5.41 Å². The molecule has 4 heteroatoms. The van der Waals surface area contributed by atoms with Crippen LogP contribution in [-0.2, 0) is 19.1 Å². The van der Waals surface area contributed by atoms with Crippen molar-refractivity contribution < 1.29 is 19.1 Å². The quantitative estimate of drug-likeness (QED) is 0.222. The van der Waals surface area contributed by atoms with Crippen LogP contribution in [0, 0.1) is 5.41 Å². The minimum atomic E-state index is -1.15. The maximum Gasteiger partial charge on any atom is 0.324 e. The summed E-state index contributed by atoms with van der Waals surface area (Å²) in [5.41, 5.74) is -1.65. The van der Waals surface area contributed by atoms with E-state index >= 15 is 0 Å². The van der Waals surface area contributed by atoms with Crippen LogP contribution in [0.3, 0.4) is 0 Å². The minimum absolute atomic E-state index is 0.287. The number of carbonyl (C=O) groups is 2. The molecule has 0 bridgehead atoms. The van der Waals surface area contributed by atoms with E-state index in [1.165, 1.54) is 0 Å². The summed E-state index contributed by atoms with van der Waals surface area (Å²) >= 11 is 0. The molecule has 0 aliphatic carbocycles. The monoisotopic (exact) mass is 384 g/mol. The summed E-state index contributed by atoms with van der Waals surface area (Å²) < 4.78 is 11.5. The lowest BCUT2D eigenvalue weighted by Crippen LogP contribution is -2.46. The maximum absolute atomic E-state index is 13.4. The molecule has 160 valence electrons. The number of esters is 2. The molecule has 0 saturated heterocycles. The fraction of sp³-hybridized carbons (Fsp3) is 0.913. The zero-order chi connectivity index (χ0) is 20.8. The van der Waals surface area contributed by atoms with Crippen LogP contribution in [0.1, 0.15) is 119 Å². The molecule has 0 atom stereocenters. The van der Waals surface area contributed by atoms with Crippen molar-refractivity contribution in [1.29, 1.82) is 0 Å². The molecule has 0 radical (unpaired) electrons. The predicted molar refractivity (Wildman–Crippen MR) is 112 cm³/mol. The maximum atomic E-state index is 13.4. The smallest absolute Gasteiger partial charge is 0.324 e. The molecule has 0 aromatic carbocycles. The van der Waals surface area contributed by atoms with Gasteiger partial charge in [-0.15, -0.1) is 0 Å². The number of ether oxygens (including phenoxy) is 2. The Morgan fingerprint density at radius 3 is 1.44 bits per heavy atom. The van der Waals surface area contributed by atoms with Gasteiger partial charge in [-0.2, -0.15) is 0 Å². The van der Waals surface area contributed by atoms with Gasteiger partial charge in [0.05, 0.1) is 6.61 Å². The third-order valence-electron chi connectivity index (χ3n) is 5.43. The van der Waals surface area contributed by atoms with Crippen LogP contribution >= 0.6 is 0 Å². The Balaban J connectivity index is 5.66. The molecule has 0 aliphatic heterocycles. The van der Waals surface area contributed by atoms with Crippen molar-refractivity contribution in [3.63, 3.8) is 0 Å². The van der Waals surface area contributed by atoms with E-state index in [-0.39, 0.29) is 12.6 Å². The van der Waals surface area contributed by atoms with E-state index in [0.717, 1.165) is 64.2 Å². The number of carbonyl (C=O) groups excluding carboxylic acids is 2. The van der Waals surface area contributed by atoms with E-state index in [4.69, 9.17) is 9.47 Å². The largest absolute Gasteiger partial charge is 0.465 e. The lowest BCUT2D eigenvalue weighted by molar-refractivity contribution is -0.184. The summed E-state index contributed by atoms with van der Waals surface area (Å²) in [7, 11) is 0. The molecule has 0 rings (SSSR count). The molecular weight excluding hydrogens is 340 g/mol. The normalized spacial score (nSPS) is 12.1. The Kier molecular flexibility index (Phi) is 13.5. The Morgan fingerprint density at radius 2 is 1.07 bits per heavy atom. The highest BCUT2D eigenvalue weighted by Gasteiger charge is 2.49. The van der Waals surface area contributed by atoms with Crippen molar-refractivity contribution in [3.8, 4) is 0 Å². The number of unbranched alkanes of at least 4 members (excludes halogenated alkanes) is 4. The highest BCUT2D eigenvalue weighted by Crippen LogP contribution is 2.38. The first-order chi connectivity index (χ1) is 12.9. The van der Waals surface area contributed by atoms with Crippen LogP contribution in [0.2, 0.25) is 0 Å². The molecule has 27 heavy (non-hydrogen) atoms. The summed E-state index contributed by atoms with van der Waals surface area (Å²) in [5.74, 6) is -0.761. The summed E-state index contributed by atoms with van der Waals surface area (Å²) in [5, 5.41) is 0. The summed E-state index contributed by atoms with van der Waals surface area (Å²) in [6, 6.07) is 0. The Morgan fingerprint density at radius 1 is 0.667 bits per heavy atom. The summed E-state index contributed by atoms with van der Waals surface area (Å²) in [6.07, 6.45) is 10.4. The van der Waals surface area contributed by atoms with E-state index in [1.54, 1.807) is 6.92 Å². The molecule has 0 aliphatic rings. The van der Waals surface area contributed by atoms with E-state index in [1.807, 2.05) is 6.92 Å². The molecule has 0 amide bonds. The first-order valence-electron chi connectivity index (χ1n) is 11.3. The van der Waals surface area contributed by atoms with Crippen molar-refractivity contribution in [2.24, 2.45) is 5.41 Å². The lowest BCUT2D eigenvalue weighted by Gasteiger charge is -2.36. The Labute approximate surface area is 167 Å². The van der Waals surface area contributed by atoms with Crippen molar-refractivity contribution in [2.75, 3.05) is 6.61 Å². The zero-order valence-electron chi connectivity index (χ0n) is 18.8. The molecule has 4 nitrogen and oxygen atoms in total. The van der Waals surface area contributed by atoms with Crippen molar-refractivity contribution in [1.82, 2.24) is 0 Å². The van der Waals surface area contributed by atoms with E-state index in [0.29, 0.717) is 12.8 Å². The van der Waals surface area contributed by atoms with Gasteiger partial charge in [-0.25, -0.2) is 0 Å². The second kappa shape index (κ2) is 14.0. The second-order valence-electron chi connectivity index (χ2n) is 8.06. The first kappa shape index (κ1) is 25.9. The van der Waals surface area contributed by atoms with E-state index in [9.17, 15) is 9.59 Å². The van der Waals surface area contributed by atoms with Crippen molar-refractivity contribution in [2.45, 2.75) is 124 Å². The third-order valence-corrected chi connectivity index (χ3v) is 5.43. The molecule has 0 N–H and O–H groups in total. The molecule has 0 aromatic rings. The van der Waals surface area contributed by atoms with Crippen molar-refractivity contribution in [3.05, 3.63) is 0 Å². The summed E-state index contributed by atoms with van der Waals surface area (Å²) in [4.78, 5) is 26.3. The van der Waals surface area contributed by atoms with Gasteiger partial charge in [-0.3, -0.25) is 9.59 Å². The van der Waals surface area contributed by atoms with Crippen molar-refractivity contribution >= 4 is 11.9 Å². The average molecular weight is 385 g/mol. The fourth-order valence-electron chi connectivity index (χ4n) is 3.49. The standard InChI is InChI=1S/C23H44O4/c1-7-12-16-22(6,17-13-8-2)27-21(25)23(18-14-9-3,19-15-10-4)20(24)26-11-5/h7-19H2,1-6H3. The van der Waals surface area contributed by atoms with Crippen LogP contribution in [0.25, 0.3) is 0 Å². The number of hydrogen-bond donors (Lipinski definition) is 0. The van der Waals surface area contributed by atoms with Crippen LogP contribution in [0.5, 0.6) is 0 Å². The van der Waals surface area contributed by atoms with Gasteiger partial charge in [-0.05, 0) is 52.4 Å². The molecule has 0 aromatic heterocycles. The predicted octanol–water partition coefficient (Wildman–Crippen LogP) is 6.60. The van der Waals surface area contributed by atoms with Crippen LogP contribution in [0.4, 0.5) is 0 Å². The zero-order valence-corrected chi connectivity index (χ0v) is 18.8. The van der Waals surface area contributed by atoms with Crippen LogP contribution < -0.4 is 0 Å². The van der Waals surface area contributed by atoms with Gasteiger partial charge in [0.2, 0.25) is 0 Å². The molecule has 0 saturated carbocycles. The highest BCUT2D eigenvalue weighted by molar-refractivity contribution is 6.00. The van der Waals surface area contributed by atoms with E-state index in [2.05, 4.69) is 27.7 Å². The first-order valence-corrected chi connectivity index (χ1v) is 11.3. The topological polar surface area (TPSA) is 52.6 Å². The highest BCUT2D eigenvalue weighted by atomic mass is 16.6. The molecule has 0 unspecified atom stereocenters. The average Bonchev–Trinajstić information content (AvgIpc) is 2.65. The van der Waals surface area contributed by atoms with Gasteiger partial charge < -0.3 is 9.47 Å². The molecular formula is C23H44O4. The number of rotatable bonds is 16. The molecule has 0 heterocycles. The van der Waals surface area contributed by atoms with Gasteiger partial charge in [0.1, 0.15) is 5.60 Å². The van der Waals surface area contributed by atoms with Crippen LogP contribution in [0.15, 0.2) is 0 Å². The Hall–Kier alpha value is -1.06. The number of hydrogen-bond acceptors (Lipinski definition) is 4. The third kappa shape index (κ3) is 8.66. The lowest BCUT2D eigenvalue weighted by atomic mass is 9.77. The SMILES string of the molecule is CCCCC(C)(CCCC)OC(=O)C(CCCC)(CCCC)C(=O)OCC. The summed E-state index contributed by atoms with van der Waals surface area (Å²) in [6.45, 7) is 12.6. The second-order valence-corrected chi connectivity index (χ2v) is 8.06.